The quantitative estimate of drug-likeness (QED) is 0.862. The standard InChI is InChI=1S/C15H23N3/c1-12(14-4-7-16-8-5-14)17-10-13-6-9-18(11-13)15-2-3-15/h4-5,7-8,12-13,15,17H,2-3,6,9-11H2,1H3. The summed E-state index contributed by atoms with van der Waals surface area (Å²) in [6.45, 7) is 6.01. The molecule has 0 amide bonds. The van der Waals surface area contributed by atoms with Gasteiger partial charge in [-0.2, -0.15) is 0 Å². The summed E-state index contributed by atoms with van der Waals surface area (Å²) in [4.78, 5) is 6.75. The first-order chi connectivity index (χ1) is 8.83. The van der Waals surface area contributed by atoms with Crippen molar-refractivity contribution >= 4 is 0 Å². The summed E-state index contributed by atoms with van der Waals surface area (Å²) in [6, 6.07) is 5.57. The minimum absolute atomic E-state index is 0.433. The van der Waals surface area contributed by atoms with Crippen LogP contribution in [0.2, 0.25) is 0 Å². The molecular formula is C15H23N3. The van der Waals surface area contributed by atoms with Gasteiger partial charge in [0.15, 0.2) is 0 Å². The highest BCUT2D eigenvalue weighted by atomic mass is 15.2. The summed E-state index contributed by atoms with van der Waals surface area (Å²) < 4.78 is 0. The number of nitrogens with one attached hydrogen (secondary N) is 1. The van der Waals surface area contributed by atoms with Crippen molar-refractivity contribution in [3.63, 3.8) is 0 Å². The Balaban J connectivity index is 1.44. The van der Waals surface area contributed by atoms with E-state index in [1.54, 1.807) is 0 Å². The first kappa shape index (κ1) is 12.1. The van der Waals surface area contributed by atoms with Crippen LogP contribution in [0.5, 0.6) is 0 Å². The molecule has 2 unspecified atom stereocenters. The Morgan fingerprint density at radius 1 is 1.33 bits per heavy atom. The van der Waals surface area contributed by atoms with Gasteiger partial charge in [0, 0.05) is 31.0 Å². The number of nitrogens with zero attached hydrogens (tertiary/aromatic N) is 2. The molecule has 0 spiro atoms. The van der Waals surface area contributed by atoms with Gasteiger partial charge in [0.25, 0.3) is 0 Å². The Bertz CT molecular complexity index is 375. The lowest BCUT2D eigenvalue weighted by molar-refractivity contribution is 0.310. The van der Waals surface area contributed by atoms with Crippen molar-refractivity contribution in [2.45, 2.75) is 38.3 Å². The second-order valence-electron chi connectivity index (χ2n) is 5.79. The highest BCUT2D eigenvalue weighted by molar-refractivity contribution is 5.13. The third-order valence-electron chi connectivity index (χ3n) is 4.30. The zero-order valence-electron chi connectivity index (χ0n) is 11.2. The van der Waals surface area contributed by atoms with Crippen molar-refractivity contribution in [2.75, 3.05) is 19.6 Å². The van der Waals surface area contributed by atoms with Gasteiger partial charge in [0.2, 0.25) is 0 Å². The summed E-state index contributed by atoms with van der Waals surface area (Å²) in [7, 11) is 0. The molecule has 0 aromatic carbocycles. The number of aromatic nitrogens is 1. The lowest BCUT2D eigenvalue weighted by Crippen LogP contribution is -2.29. The molecule has 2 fully saturated rings. The topological polar surface area (TPSA) is 28.2 Å². The smallest absolute Gasteiger partial charge is 0.0293 e. The van der Waals surface area contributed by atoms with Crippen molar-refractivity contribution in [3.8, 4) is 0 Å². The van der Waals surface area contributed by atoms with E-state index < -0.39 is 0 Å². The van der Waals surface area contributed by atoms with Gasteiger partial charge in [0.05, 0.1) is 0 Å². The van der Waals surface area contributed by atoms with E-state index in [2.05, 4.69) is 34.3 Å². The molecule has 1 aliphatic heterocycles. The predicted molar refractivity (Wildman–Crippen MR) is 73.4 cm³/mol. The van der Waals surface area contributed by atoms with Gasteiger partial charge in [-0.05, 0) is 62.9 Å². The summed E-state index contributed by atoms with van der Waals surface area (Å²) in [5, 5.41) is 3.67. The zero-order valence-corrected chi connectivity index (χ0v) is 11.2. The molecule has 3 rings (SSSR count). The zero-order chi connectivity index (χ0) is 12.4. The van der Waals surface area contributed by atoms with Crippen molar-refractivity contribution in [2.24, 2.45) is 5.92 Å². The van der Waals surface area contributed by atoms with Gasteiger partial charge in [-0.25, -0.2) is 0 Å². The normalized spacial score (nSPS) is 26.4. The Labute approximate surface area is 110 Å². The molecular weight excluding hydrogens is 222 g/mol. The molecule has 18 heavy (non-hydrogen) atoms. The Kier molecular flexibility index (Phi) is 3.62. The third kappa shape index (κ3) is 2.90. The van der Waals surface area contributed by atoms with Crippen LogP contribution in [0.4, 0.5) is 0 Å². The summed E-state index contributed by atoms with van der Waals surface area (Å²) in [5.74, 6) is 0.842. The van der Waals surface area contributed by atoms with Gasteiger partial charge in [0.1, 0.15) is 0 Å². The molecule has 0 bridgehead atoms. The van der Waals surface area contributed by atoms with E-state index in [1.165, 1.54) is 37.9 Å². The van der Waals surface area contributed by atoms with Crippen LogP contribution in [0, 0.1) is 5.92 Å². The van der Waals surface area contributed by atoms with E-state index in [0.29, 0.717) is 6.04 Å². The molecule has 0 radical (unpaired) electrons. The van der Waals surface area contributed by atoms with E-state index in [-0.39, 0.29) is 0 Å². The SMILES string of the molecule is CC(NCC1CCN(C2CC2)C1)c1ccncc1. The van der Waals surface area contributed by atoms with Crippen LogP contribution in [0.3, 0.4) is 0 Å². The summed E-state index contributed by atoms with van der Waals surface area (Å²) >= 11 is 0. The first-order valence-electron chi connectivity index (χ1n) is 7.20. The van der Waals surface area contributed by atoms with E-state index in [1.807, 2.05) is 12.4 Å². The van der Waals surface area contributed by atoms with Crippen LogP contribution >= 0.6 is 0 Å². The van der Waals surface area contributed by atoms with E-state index >= 15 is 0 Å². The van der Waals surface area contributed by atoms with Crippen molar-refractivity contribution in [1.82, 2.24) is 15.2 Å². The molecule has 1 saturated carbocycles. The average molecular weight is 245 g/mol. The van der Waals surface area contributed by atoms with Gasteiger partial charge >= 0.3 is 0 Å². The lowest BCUT2D eigenvalue weighted by atomic mass is 10.1. The fourth-order valence-corrected chi connectivity index (χ4v) is 2.91. The lowest BCUT2D eigenvalue weighted by Gasteiger charge is -2.18. The minimum Gasteiger partial charge on any atom is -0.310 e. The molecule has 2 atom stereocenters. The van der Waals surface area contributed by atoms with Crippen molar-refractivity contribution in [1.29, 1.82) is 0 Å². The highest BCUT2D eigenvalue weighted by Crippen LogP contribution is 2.31. The fourth-order valence-electron chi connectivity index (χ4n) is 2.91. The van der Waals surface area contributed by atoms with Gasteiger partial charge < -0.3 is 10.2 Å². The number of hydrogen-bond acceptors (Lipinski definition) is 3. The third-order valence-corrected chi connectivity index (χ3v) is 4.30. The van der Waals surface area contributed by atoms with E-state index in [4.69, 9.17) is 0 Å². The van der Waals surface area contributed by atoms with Crippen LogP contribution in [0.1, 0.15) is 37.8 Å². The van der Waals surface area contributed by atoms with Crippen LogP contribution in [0.25, 0.3) is 0 Å². The molecule has 2 heterocycles. The average Bonchev–Trinajstić information content (AvgIpc) is 3.16. The molecule has 3 heteroatoms. The molecule has 1 N–H and O–H groups in total. The maximum atomic E-state index is 4.07. The molecule has 1 aromatic rings. The summed E-state index contributed by atoms with van der Waals surface area (Å²) in [6.07, 6.45) is 7.99. The van der Waals surface area contributed by atoms with Gasteiger partial charge in [-0.1, -0.05) is 0 Å². The molecule has 2 aliphatic rings. The molecule has 98 valence electrons. The number of likely N-dealkylation sites (tertiary alicyclic amines) is 1. The second-order valence-corrected chi connectivity index (χ2v) is 5.79. The first-order valence-corrected chi connectivity index (χ1v) is 7.20. The van der Waals surface area contributed by atoms with Crippen LogP contribution in [-0.2, 0) is 0 Å². The second kappa shape index (κ2) is 5.37. The highest BCUT2D eigenvalue weighted by Gasteiger charge is 2.34. The maximum Gasteiger partial charge on any atom is 0.0293 e. The number of pyridine rings is 1. The van der Waals surface area contributed by atoms with Crippen LogP contribution in [-0.4, -0.2) is 35.6 Å². The summed E-state index contributed by atoms with van der Waals surface area (Å²) in [5.41, 5.74) is 1.34. The maximum absolute atomic E-state index is 4.07. The monoisotopic (exact) mass is 245 g/mol. The Morgan fingerprint density at radius 3 is 2.83 bits per heavy atom. The molecule has 1 saturated heterocycles. The molecule has 1 aromatic heterocycles. The Morgan fingerprint density at radius 2 is 2.11 bits per heavy atom. The van der Waals surface area contributed by atoms with Crippen molar-refractivity contribution < 1.29 is 0 Å². The molecule has 3 nitrogen and oxygen atoms in total. The largest absolute Gasteiger partial charge is 0.310 e. The van der Waals surface area contributed by atoms with E-state index in [0.717, 1.165) is 18.5 Å². The van der Waals surface area contributed by atoms with Crippen LogP contribution < -0.4 is 5.32 Å². The minimum atomic E-state index is 0.433. The molecule has 1 aliphatic carbocycles. The van der Waals surface area contributed by atoms with Gasteiger partial charge in [-0.15, -0.1) is 0 Å². The fraction of sp³-hybridized carbons (Fsp3) is 0.667. The van der Waals surface area contributed by atoms with E-state index in [9.17, 15) is 0 Å². The predicted octanol–water partition coefficient (Wildman–Crippen LogP) is 2.22. The number of hydrogen-bond donors (Lipinski definition) is 1. The van der Waals surface area contributed by atoms with Crippen LogP contribution in [0.15, 0.2) is 24.5 Å². The van der Waals surface area contributed by atoms with Crippen molar-refractivity contribution in [3.05, 3.63) is 30.1 Å². The number of rotatable bonds is 5. The van der Waals surface area contributed by atoms with Gasteiger partial charge in [-0.3, -0.25) is 4.98 Å². The Hall–Kier alpha value is -0.930.